The summed E-state index contributed by atoms with van der Waals surface area (Å²) in [6.07, 6.45) is 6.16. The zero-order chi connectivity index (χ0) is 19.5. The van der Waals surface area contributed by atoms with Gasteiger partial charge in [-0.3, -0.25) is 19.4 Å². The van der Waals surface area contributed by atoms with Crippen molar-refractivity contribution in [3.63, 3.8) is 0 Å². The third kappa shape index (κ3) is 4.46. The molecule has 1 amide bonds. The number of aryl methyl sites for hydroxylation is 2. The average Bonchev–Trinajstić information content (AvgIpc) is 3.10. The number of nitrogens with one attached hydrogen (secondary N) is 1. The van der Waals surface area contributed by atoms with Gasteiger partial charge in [0.1, 0.15) is 5.82 Å². The van der Waals surface area contributed by atoms with Crippen molar-refractivity contribution in [2.75, 3.05) is 37.6 Å². The second-order valence-electron chi connectivity index (χ2n) is 7.87. The van der Waals surface area contributed by atoms with E-state index in [1.54, 1.807) is 0 Å². The highest BCUT2D eigenvalue weighted by molar-refractivity contribution is 5.78. The van der Waals surface area contributed by atoms with Gasteiger partial charge in [0.05, 0.1) is 23.6 Å². The average molecular weight is 384 g/mol. The minimum atomic E-state index is 0.0791. The number of rotatable bonds is 5. The quantitative estimate of drug-likeness (QED) is 0.804. The van der Waals surface area contributed by atoms with E-state index in [0.717, 1.165) is 55.5 Å². The predicted molar refractivity (Wildman–Crippen MR) is 105 cm³/mol. The van der Waals surface area contributed by atoms with Crippen LogP contribution in [0.5, 0.6) is 0 Å². The molecule has 0 unspecified atom stereocenters. The topological polar surface area (TPSA) is 92.1 Å². The molecule has 150 valence electrons. The van der Waals surface area contributed by atoms with Crippen molar-refractivity contribution in [3.05, 3.63) is 29.5 Å². The lowest BCUT2D eigenvalue weighted by Gasteiger charge is -2.34. The van der Waals surface area contributed by atoms with Gasteiger partial charge < -0.3 is 10.2 Å². The smallest absolute Gasteiger partial charge is 0.234 e. The van der Waals surface area contributed by atoms with Crippen LogP contribution in [0.15, 0.2) is 12.4 Å². The van der Waals surface area contributed by atoms with Gasteiger partial charge >= 0.3 is 0 Å². The molecule has 2 saturated heterocycles. The maximum atomic E-state index is 11.5. The fourth-order valence-electron chi connectivity index (χ4n) is 4.05. The standard InChI is InChI=1S/C19H28N8O/c1-14-8-21-15(2)19(22-14)26-6-3-4-16(9-26)10-27-12-17(23-24-27)11-25-7-5-20-18(28)13-25/h8,12,16H,3-7,9-11,13H2,1-2H3,(H,20,28)/t16-/m1/s1. The largest absolute Gasteiger partial charge is 0.355 e. The number of piperidine rings is 1. The van der Waals surface area contributed by atoms with Gasteiger partial charge in [0.25, 0.3) is 0 Å². The van der Waals surface area contributed by atoms with Crippen LogP contribution in [0.3, 0.4) is 0 Å². The Labute approximate surface area is 165 Å². The number of anilines is 1. The van der Waals surface area contributed by atoms with Gasteiger partial charge in [0.2, 0.25) is 5.91 Å². The SMILES string of the molecule is Cc1cnc(C)c(N2CCC[C@@H](Cn3cc(CN4CCNC(=O)C4)nn3)C2)n1. The Bertz CT molecular complexity index is 835. The Kier molecular flexibility index (Phi) is 5.52. The van der Waals surface area contributed by atoms with Crippen LogP contribution in [0.1, 0.15) is 29.9 Å². The van der Waals surface area contributed by atoms with Crippen molar-refractivity contribution in [2.45, 2.75) is 39.8 Å². The van der Waals surface area contributed by atoms with E-state index < -0.39 is 0 Å². The summed E-state index contributed by atoms with van der Waals surface area (Å²) in [6, 6.07) is 0. The normalized spacial score (nSPS) is 21.0. The molecule has 1 N–H and O–H groups in total. The van der Waals surface area contributed by atoms with Crippen LogP contribution in [0.2, 0.25) is 0 Å². The second kappa shape index (κ2) is 8.22. The van der Waals surface area contributed by atoms with Crippen molar-refractivity contribution in [1.82, 2.24) is 35.2 Å². The highest BCUT2D eigenvalue weighted by Gasteiger charge is 2.24. The highest BCUT2D eigenvalue weighted by Crippen LogP contribution is 2.24. The summed E-state index contributed by atoms with van der Waals surface area (Å²) in [5.74, 6) is 1.59. The molecule has 4 heterocycles. The molecular formula is C19H28N8O. The van der Waals surface area contributed by atoms with Gasteiger partial charge in [-0.1, -0.05) is 5.21 Å². The van der Waals surface area contributed by atoms with Crippen LogP contribution < -0.4 is 10.2 Å². The third-order valence-electron chi connectivity index (χ3n) is 5.40. The zero-order valence-electron chi connectivity index (χ0n) is 16.6. The summed E-state index contributed by atoms with van der Waals surface area (Å²) < 4.78 is 1.95. The molecule has 9 nitrogen and oxygen atoms in total. The number of carbonyl (C=O) groups is 1. The molecular weight excluding hydrogens is 356 g/mol. The summed E-state index contributed by atoms with van der Waals surface area (Å²) in [4.78, 5) is 25.1. The molecule has 2 aliphatic heterocycles. The number of hydrogen-bond donors (Lipinski definition) is 1. The molecule has 1 atom stereocenters. The van der Waals surface area contributed by atoms with Crippen molar-refractivity contribution in [2.24, 2.45) is 5.92 Å². The third-order valence-corrected chi connectivity index (χ3v) is 5.40. The molecule has 0 saturated carbocycles. The Morgan fingerprint density at radius 1 is 1.29 bits per heavy atom. The fourth-order valence-corrected chi connectivity index (χ4v) is 4.05. The van der Waals surface area contributed by atoms with E-state index in [0.29, 0.717) is 25.6 Å². The first-order valence-electron chi connectivity index (χ1n) is 10.00. The van der Waals surface area contributed by atoms with Crippen LogP contribution in [-0.2, 0) is 17.9 Å². The van der Waals surface area contributed by atoms with E-state index in [4.69, 9.17) is 4.98 Å². The molecule has 0 spiro atoms. The summed E-state index contributed by atoms with van der Waals surface area (Å²) in [5, 5.41) is 11.5. The van der Waals surface area contributed by atoms with E-state index in [9.17, 15) is 4.79 Å². The van der Waals surface area contributed by atoms with Crippen LogP contribution >= 0.6 is 0 Å². The fraction of sp³-hybridized carbons (Fsp3) is 0.632. The lowest BCUT2D eigenvalue weighted by molar-refractivity contribution is -0.124. The van der Waals surface area contributed by atoms with Crippen molar-refractivity contribution in [1.29, 1.82) is 0 Å². The van der Waals surface area contributed by atoms with Crippen LogP contribution in [0.4, 0.5) is 5.82 Å². The van der Waals surface area contributed by atoms with E-state index in [1.165, 1.54) is 6.42 Å². The van der Waals surface area contributed by atoms with Gasteiger partial charge in [-0.25, -0.2) is 4.98 Å². The number of piperazine rings is 1. The number of nitrogens with zero attached hydrogens (tertiary/aromatic N) is 7. The van der Waals surface area contributed by atoms with Gasteiger partial charge in [-0.15, -0.1) is 5.10 Å². The number of aromatic nitrogens is 5. The van der Waals surface area contributed by atoms with Crippen molar-refractivity contribution < 1.29 is 4.79 Å². The molecule has 4 rings (SSSR count). The minimum Gasteiger partial charge on any atom is -0.355 e. The second-order valence-corrected chi connectivity index (χ2v) is 7.87. The molecule has 2 fully saturated rings. The van der Waals surface area contributed by atoms with Crippen LogP contribution in [0, 0.1) is 19.8 Å². The highest BCUT2D eigenvalue weighted by atomic mass is 16.2. The predicted octanol–water partition coefficient (Wildman–Crippen LogP) is 0.533. The van der Waals surface area contributed by atoms with Crippen LogP contribution in [0.25, 0.3) is 0 Å². The van der Waals surface area contributed by atoms with Crippen LogP contribution in [-0.4, -0.2) is 68.5 Å². The van der Waals surface area contributed by atoms with Crippen molar-refractivity contribution in [3.8, 4) is 0 Å². The Balaban J connectivity index is 1.36. The molecule has 0 aliphatic carbocycles. The van der Waals surface area contributed by atoms with Gasteiger partial charge in [-0.05, 0) is 32.6 Å². The summed E-state index contributed by atoms with van der Waals surface area (Å²) >= 11 is 0. The Morgan fingerprint density at radius 2 is 2.18 bits per heavy atom. The molecule has 2 aromatic rings. The first-order valence-corrected chi connectivity index (χ1v) is 10.00. The maximum Gasteiger partial charge on any atom is 0.234 e. The monoisotopic (exact) mass is 384 g/mol. The zero-order valence-corrected chi connectivity index (χ0v) is 16.6. The molecule has 0 bridgehead atoms. The molecule has 28 heavy (non-hydrogen) atoms. The summed E-state index contributed by atoms with van der Waals surface area (Å²) in [6.45, 7) is 9.50. The molecule has 0 radical (unpaired) electrons. The number of carbonyl (C=O) groups excluding carboxylic acids is 1. The van der Waals surface area contributed by atoms with E-state index >= 15 is 0 Å². The number of amides is 1. The lowest BCUT2D eigenvalue weighted by atomic mass is 9.98. The lowest BCUT2D eigenvalue weighted by Crippen LogP contribution is -2.47. The van der Waals surface area contributed by atoms with Crippen molar-refractivity contribution >= 4 is 11.7 Å². The number of hydrogen-bond acceptors (Lipinski definition) is 7. The van der Waals surface area contributed by atoms with Gasteiger partial charge in [-0.2, -0.15) is 0 Å². The van der Waals surface area contributed by atoms with E-state index in [1.807, 2.05) is 30.9 Å². The molecule has 9 heteroatoms. The Hall–Kier alpha value is -2.55. The molecule has 2 aliphatic rings. The minimum absolute atomic E-state index is 0.0791. The maximum absolute atomic E-state index is 11.5. The van der Waals surface area contributed by atoms with E-state index in [-0.39, 0.29) is 5.91 Å². The van der Waals surface area contributed by atoms with E-state index in [2.05, 4.69) is 30.4 Å². The first-order chi connectivity index (χ1) is 13.6. The summed E-state index contributed by atoms with van der Waals surface area (Å²) in [7, 11) is 0. The molecule has 2 aromatic heterocycles. The first kappa shape index (κ1) is 18.8. The van der Waals surface area contributed by atoms with Gasteiger partial charge in [0.15, 0.2) is 0 Å². The van der Waals surface area contributed by atoms with Gasteiger partial charge in [0, 0.05) is 51.7 Å². The molecule has 0 aromatic carbocycles. The summed E-state index contributed by atoms with van der Waals surface area (Å²) in [5.41, 5.74) is 2.86. The Morgan fingerprint density at radius 3 is 3.04 bits per heavy atom.